The van der Waals surface area contributed by atoms with Crippen LogP contribution in [0.1, 0.15) is 11.6 Å². The van der Waals surface area contributed by atoms with Gasteiger partial charge in [0.1, 0.15) is 11.9 Å². The number of halogens is 3. The molecule has 0 fully saturated rings. The lowest BCUT2D eigenvalue weighted by molar-refractivity contribution is 0.627. The summed E-state index contributed by atoms with van der Waals surface area (Å²) in [6.07, 6.45) is 0. The normalized spacial score (nSPS) is 11.7. The molecule has 0 heterocycles. The van der Waals surface area contributed by atoms with Gasteiger partial charge in [-0.15, -0.1) is 0 Å². The average molecular weight is 340 g/mol. The second-order valence-electron chi connectivity index (χ2n) is 3.88. The average Bonchev–Trinajstić information content (AvgIpc) is 2.39. The Bertz CT molecular complexity index is 622. The summed E-state index contributed by atoms with van der Waals surface area (Å²) >= 11 is 9.29. The molecule has 0 saturated heterocycles. The second kappa shape index (κ2) is 6.05. The first kappa shape index (κ1) is 13.9. The lowest BCUT2D eigenvalue weighted by Crippen LogP contribution is -2.09. The van der Waals surface area contributed by atoms with Gasteiger partial charge in [-0.1, -0.05) is 33.6 Å². The van der Waals surface area contributed by atoms with Crippen LogP contribution in [-0.2, 0) is 0 Å². The van der Waals surface area contributed by atoms with Crippen LogP contribution in [0.15, 0.2) is 46.9 Å². The molecule has 2 nitrogen and oxygen atoms in total. The third kappa shape index (κ3) is 3.46. The predicted molar refractivity (Wildman–Crippen MR) is 77.5 cm³/mol. The molecule has 0 aliphatic rings. The fourth-order valence-electron chi connectivity index (χ4n) is 1.63. The van der Waals surface area contributed by atoms with E-state index in [1.54, 1.807) is 0 Å². The van der Waals surface area contributed by atoms with Crippen LogP contribution in [0.4, 0.5) is 10.1 Å². The molecular formula is C14H9BrClFN2. The van der Waals surface area contributed by atoms with Crippen molar-refractivity contribution >= 4 is 33.2 Å². The number of rotatable bonds is 3. The highest BCUT2D eigenvalue weighted by atomic mass is 79.9. The van der Waals surface area contributed by atoms with Gasteiger partial charge in [-0.2, -0.15) is 5.26 Å². The van der Waals surface area contributed by atoms with E-state index in [1.807, 2.05) is 24.3 Å². The van der Waals surface area contributed by atoms with Crippen molar-refractivity contribution in [3.63, 3.8) is 0 Å². The van der Waals surface area contributed by atoms with Crippen molar-refractivity contribution in [2.24, 2.45) is 0 Å². The molecule has 2 rings (SSSR count). The molecule has 0 bridgehead atoms. The number of hydrogen-bond acceptors (Lipinski definition) is 2. The van der Waals surface area contributed by atoms with Crippen molar-refractivity contribution in [3.8, 4) is 6.07 Å². The molecule has 0 aliphatic carbocycles. The molecule has 0 spiro atoms. The van der Waals surface area contributed by atoms with Crippen LogP contribution in [0.2, 0.25) is 5.02 Å². The number of benzene rings is 2. The van der Waals surface area contributed by atoms with Gasteiger partial charge in [0, 0.05) is 20.7 Å². The summed E-state index contributed by atoms with van der Waals surface area (Å²) in [7, 11) is 0. The van der Waals surface area contributed by atoms with Gasteiger partial charge in [0.15, 0.2) is 0 Å². The summed E-state index contributed by atoms with van der Waals surface area (Å²) < 4.78 is 13.9. The summed E-state index contributed by atoms with van der Waals surface area (Å²) in [5.74, 6) is -0.422. The van der Waals surface area contributed by atoms with E-state index in [0.717, 1.165) is 10.2 Å². The molecule has 0 aliphatic heterocycles. The third-order valence-electron chi connectivity index (χ3n) is 2.56. The van der Waals surface area contributed by atoms with Gasteiger partial charge in [-0.05, 0) is 36.4 Å². The van der Waals surface area contributed by atoms with E-state index < -0.39 is 11.9 Å². The van der Waals surface area contributed by atoms with E-state index in [0.29, 0.717) is 5.56 Å². The topological polar surface area (TPSA) is 35.8 Å². The third-order valence-corrected chi connectivity index (χ3v) is 3.41. The highest BCUT2D eigenvalue weighted by molar-refractivity contribution is 9.10. The molecule has 2 aromatic rings. The molecule has 0 amide bonds. The van der Waals surface area contributed by atoms with E-state index in [2.05, 4.69) is 27.3 Å². The molecule has 0 radical (unpaired) electrons. The Morgan fingerprint density at radius 2 is 1.89 bits per heavy atom. The minimum atomic E-state index is -0.630. The number of nitrogens with one attached hydrogen (secondary N) is 1. The summed E-state index contributed by atoms with van der Waals surface area (Å²) in [4.78, 5) is 0. The molecule has 2 aromatic carbocycles. The van der Waals surface area contributed by atoms with Crippen molar-refractivity contribution in [1.29, 1.82) is 5.26 Å². The number of nitrogens with zero attached hydrogens (tertiary/aromatic N) is 1. The summed E-state index contributed by atoms with van der Waals surface area (Å²) in [6.45, 7) is 0. The van der Waals surface area contributed by atoms with Crippen LogP contribution in [0.3, 0.4) is 0 Å². The summed E-state index contributed by atoms with van der Waals surface area (Å²) in [5, 5.41) is 12.5. The van der Waals surface area contributed by atoms with Gasteiger partial charge in [0.05, 0.1) is 6.07 Å². The number of nitriles is 1. The highest BCUT2D eigenvalue weighted by Gasteiger charge is 2.14. The minimum absolute atomic E-state index is 0.233. The summed E-state index contributed by atoms with van der Waals surface area (Å²) in [6, 6.07) is 12.9. The van der Waals surface area contributed by atoms with Crippen molar-refractivity contribution in [3.05, 3.63) is 63.3 Å². The van der Waals surface area contributed by atoms with Crippen LogP contribution < -0.4 is 5.32 Å². The van der Waals surface area contributed by atoms with E-state index in [4.69, 9.17) is 11.6 Å². The van der Waals surface area contributed by atoms with Crippen molar-refractivity contribution in [1.82, 2.24) is 0 Å². The van der Waals surface area contributed by atoms with Gasteiger partial charge in [-0.3, -0.25) is 0 Å². The maximum absolute atomic E-state index is 13.0. The van der Waals surface area contributed by atoms with Gasteiger partial charge < -0.3 is 5.32 Å². The van der Waals surface area contributed by atoms with Gasteiger partial charge in [0.2, 0.25) is 0 Å². The molecule has 19 heavy (non-hydrogen) atoms. The first-order valence-corrected chi connectivity index (χ1v) is 6.64. The minimum Gasteiger partial charge on any atom is -0.366 e. The Hall–Kier alpha value is -1.57. The van der Waals surface area contributed by atoms with Crippen LogP contribution in [0, 0.1) is 17.1 Å². The van der Waals surface area contributed by atoms with E-state index in [1.165, 1.54) is 18.2 Å². The largest absolute Gasteiger partial charge is 0.366 e. The molecule has 96 valence electrons. The van der Waals surface area contributed by atoms with Crippen molar-refractivity contribution in [2.75, 3.05) is 5.32 Å². The van der Waals surface area contributed by atoms with Crippen molar-refractivity contribution in [2.45, 2.75) is 6.04 Å². The SMILES string of the molecule is N#CC(Nc1ccc(Br)cc1)c1ccc(F)cc1Cl. The first-order valence-electron chi connectivity index (χ1n) is 5.47. The van der Waals surface area contributed by atoms with Crippen molar-refractivity contribution < 1.29 is 4.39 Å². The number of anilines is 1. The molecule has 1 N–H and O–H groups in total. The fraction of sp³-hybridized carbons (Fsp3) is 0.0714. The zero-order chi connectivity index (χ0) is 13.8. The quantitative estimate of drug-likeness (QED) is 0.861. The maximum atomic E-state index is 13.0. The van der Waals surface area contributed by atoms with Crippen LogP contribution in [0.5, 0.6) is 0 Å². The Balaban J connectivity index is 2.25. The van der Waals surface area contributed by atoms with Crippen LogP contribution in [-0.4, -0.2) is 0 Å². The Morgan fingerprint density at radius 3 is 2.47 bits per heavy atom. The molecule has 0 saturated carbocycles. The molecule has 5 heteroatoms. The van der Waals surface area contributed by atoms with E-state index in [9.17, 15) is 9.65 Å². The summed E-state index contributed by atoms with van der Waals surface area (Å²) in [5.41, 5.74) is 1.34. The zero-order valence-corrected chi connectivity index (χ0v) is 12.0. The second-order valence-corrected chi connectivity index (χ2v) is 5.20. The Morgan fingerprint density at radius 1 is 1.21 bits per heavy atom. The smallest absolute Gasteiger partial charge is 0.141 e. The first-order chi connectivity index (χ1) is 9.10. The lowest BCUT2D eigenvalue weighted by atomic mass is 10.1. The van der Waals surface area contributed by atoms with Crippen LogP contribution >= 0.6 is 27.5 Å². The number of hydrogen-bond donors (Lipinski definition) is 1. The van der Waals surface area contributed by atoms with Crippen LogP contribution in [0.25, 0.3) is 0 Å². The predicted octanol–water partition coefficient (Wildman–Crippen LogP) is 4.92. The lowest BCUT2D eigenvalue weighted by Gasteiger charge is -2.14. The van der Waals surface area contributed by atoms with Gasteiger partial charge in [-0.25, -0.2) is 4.39 Å². The monoisotopic (exact) mass is 338 g/mol. The van der Waals surface area contributed by atoms with Gasteiger partial charge in [0.25, 0.3) is 0 Å². The maximum Gasteiger partial charge on any atom is 0.141 e. The Kier molecular flexibility index (Phi) is 4.41. The standard InChI is InChI=1S/C14H9BrClFN2/c15-9-1-4-11(5-2-9)19-14(8-18)12-6-3-10(17)7-13(12)16/h1-7,14,19H. The highest BCUT2D eigenvalue weighted by Crippen LogP contribution is 2.27. The zero-order valence-electron chi connectivity index (χ0n) is 9.70. The molecular weight excluding hydrogens is 331 g/mol. The van der Waals surface area contributed by atoms with E-state index >= 15 is 0 Å². The van der Waals surface area contributed by atoms with Gasteiger partial charge >= 0.3 is 0 Å². The molecule has 0 aromatic heterocycles. The molecule has 1 atom stereocenters. The fourth-order valence-corrected chi connectivity index (χ4v) is 2.17. The molecule has 1 unspecified atom stereocenters. The van der Waals surface area contributed by atoms with E-state index in [-0.39, 0.29) is 5.02 Å². The Labute approximate surface area is 123 Å².